The first kappa shape index (κ1) is 21.0. The fourth-order valence-corrected chi connectivity index (χ4v) is 4.76. The molecule has 3 amide bonds. The third-order valence-corrected chi connectivity index (χ3v) is 6.48. The number of amides is 3. The van der Waals surface area contributed by atoms with Gasteiger partial charge in [0.15, 0.2) is 0 Å². The lowest BCUT2D eigenvalue weighted by Crippen LogP contribution is -2.42. The van der Waals surface area contributed by atoms with E-state index in [0.717, 1.165) is 34.6 Å². The van der Waals surface area contributed by atoms with Crippen LogP contribution in [0.15, 0.2) is 18.2 Å². The highest BCUT2D eigenvalue weighted by Gasteiger charge is 2.42. The van der Waals surface area contributed by atoms with Crippen LogP contribution in [0.3, 0.4) is 0 Å². The molecule has 0 aromatic heterocycles. The molecule has 0 bridgehead atoms. The molecule has 1 N–H and O–H groups in total. The zero-order valence-electron chi connectivity index (χ0n) is 16.7. The van der Waals surface area contributed by atoms with Crippen LogP contribution >= 0.6 is 0 Å². The summed E-state index contributed by atoms with van der Waals surface area (Å²) < 4.78 is 38.3. The van der Waals surface area contributed by atoms with Gasteiger partial charge >= 0.3 is 18.1 Å². The molecule has 2 aliphatic heterocycles. The van der Waals surface area contributed by atoms with Crippen molar-refractivity contribution in [1.29, 1.82) is 0 Å². The minimum absolute atomic E-state index is 0.0132. The topological polar surface area (TPSA) is 64.1 Å². The van der Waals surface area contributed by atoms with Gasteiger partial charge in [0, 0.05) is 37.9 Å². The highest BCUT2D eigenvalue weighted by atomic mass is 19.4. The largest absolute Gasteiger partial charge is 0.471 e. The van der Waals surface area contributed by atoms with Gasteiger partial charge in [-0.2, -0.15) is 13.2 Å². The summed E-state index contributed by atoms with van der Waals surface area (Å²) in [5.41, 5.74) is 2.55. The second-order valence-electron chi connectivity index (χ2n) is 8.33. The van der Waals surface area contributed by atoms with Gasteiger partial charge in [-0.3, -0.25) is 9.69 Å². The molecule has 2 fully saturated rings. The SMILES string of the molecule is O=C1N(c2ccc3c(c2)CCN(C(=O)C(F)(F)F)CC3)CCN1C1CCC(O)CC1. The molecule has 164 valence electrons. The van der Waals surface area contributed by atoms with Gasteiger partial charge in [0.2, 0.25) is 0 Å². The summed E-state index contributed by atoms with van der Waals surface area (Å²) >= 11 is 0. The molecule has 0 radical (unpaired) electrons. The molecule has 30 heavy (non-hydrogen) atoms. The molecule has 4 rings (SSSR count). The van der Waals surface area contributed by atoms with E-state index in [9.17, 15) is 27.9 Å². The van der Waals surface area contributed by atoms with E-state index >= 15 is 0 Å². The van der Waals surface area contributed by atoms with Crippen molar-refractivity contribution in [3.63, 3.8) is 0 Å². The predicted octanol–water partition coefficient (Wildman–Crippen LogP) is 2.72. The number of carbonyl (C=O) groups excluding carboxylic acids is 2. The second kappa shape index (κ2) is 8.09. The van der Waals surface area contributed by atoms with E-state index in [0.29, 0.717) is 38.8 Å². The molecule has 1 aliphatic carbocycles. The maximum Gasteiger partial charge on any atom is 0.471 e. The Morgan fingerprint density at radius 2 is 1.63 bits per heavy atom. The minimum atomic E-state index is -4.86. The van der Waals surface area contributed by atoms with Crippen LogP contribution in [0.1, 0.15) is 36.8 Å². The number of alkyl halides is 3. The Bertz CT molecular complexity index is 821. The maximum atomic E-state index is 13.0. The van der Waals surface area contributed by atoms with E-state index < -0.39 is 12.1 Å². The average molecular weight is 425 g/mol. The Morgan fingerprint density at radius 1 is 0.967 bits per heavy atom. The van der Waals surface area contributed by atoms with Gasteiger partial charge < -0.3 is 14.9 Å². The average Bonchev–Trinajstić information content (AvgIpc) is 2.96. The van der Waals surface area contributed by atoms with E-state index in [2.05, 4.69) is 0 Å². The van der Waals surface area contributed by atoms with Crippen LogP contribution < -0.4 is 4.90 Å². The van der Waals surface area contributed by atoms with Gasteiger partial charge in [-0.15, -0.1) is 0 Å². The smallest absolute Gasteiger partial charge is 0.393 e. The quantitative estimate of drug-likeness (QED) is 0.793. The fraction of sp³-hybridized carbons (Fsp3) is 0.619. The number of anilines is 1. The number of benzene rings is 1. The fourth-order valence-electron chi connectivity index (χ4n) is 4.76. The highest BCUT2D eigenvalue weighted by molar-refractivity contribution is 5.94. The van der Waals surface area contributed by atoms with E-state index in [1.165, 1.54) is 0 Å². The molecule has 1 aromatic carbocycles. The molecule has 0 unspecified atom stereocenters. The molecule has 3 aliphatic rings. The molecule has 1 saturated heterocycles. The van der Waals surface area contributed by atoms with Crippen LogP contribution in [0, 0.1) is 0 Å². The van der Waals surface area contributed by atoms with Gasteiger partial charge in [0.1, 0.15) is 0 Å². The van der Waals surface area contributed by atoms with Gasteiger partial charge in [0.05, 0.1) is 6.10 Å². The van der Waals surface area contributed by atoms with Crippen molar-refractivity contribution in [2.75, 3.05) is 31.1 Å². The Labute approximate surface area is 173 Å². The van der Waals surface area contributed by atoms with Crippen LogP contribution in [0.4, 0.5) is 23.7 Å². The lowest BCUT2D eigenvalue weighted by Gasteiger charge is -2.32. The summed E-state index contributed by atoms with van der Waals surface area (Å²) in [7, 11) is 0. The monoisotopic (exact) mass is 425 g/mol. The number of hydrogen-bond donors (Lipinski definition) is 1. The molecular formula is C21H26F3N3O3. The number of urea groups is 1. The number of aliphatic hydroxyl groups is 1. The van der Waals surface area contributed by atoms with Crippen LogP contribution in [0.2, 0.25) is 0 Å². The van der Waals surface area contributed by atoms with E-state index in [1.54, 1.807) is 4.90 Å². The summed E-state index contributed by atoms with van der Waals surface area (Å²) in [5.74, 6) is -1.79. The van der Waals surface area contributed by atoms with Gasteiger partial charge in [-0.1, -0.05) is 6.07 Å². The molecule has 6 nitrogen and oxygen atoms in total. The Kier molecular flexibility index (Phi) is 5.65. The normalized spacial score (nSPS) is 25.3. The Morgan fingerprint density at radius 3 is 2.30 bits per heavy atom. The van der Waals surface area contributed by atoms with Crippen molar-refractivity contribution >= 4 is 17.6 Å². The van der Waals surface area contributed by atoms with E-state index in [4.69, 9.17) is 0 Å². The number of halogens is 3. The number of fused-ring (bicyclic) bond motifs is 1. The third-order valence-electron chi connectivity index (χ3n) is 6.48. The predicted molar refractivity (Wildman–Crippen MR) is 104 cm³/mol. The van der Waals surface area contributed by atoms with Gasteiger partial charge in [-0.05, 0) is 61.8 Å². The van der Waals surface area contributed by atoms with Crippen LogP contribution in [-0.4, -0.2) is 71.3 Å². The molecular weight excluding hydrogens is 399 g/mol. The van der Waals surface area contributed by atoms with Crippen molar-refractivity contribution in [2.45, 2.75) is 56.8 Å². The first-order valence-corrected chi connectivity index (χ1v) is 10.5. The third kappa shape index (κ3) is 4.12. The second-order valence-corrected chi connectivity index (χ2v) is 8.33. The van der Waals surface area contributed by atoms with Crippen molar-refractivity contribution in [2.24, 2.45) is 0 Å². The first-order chi connectivity index (χ1) is 14.2. The summed E-state index contributed by atoms with van der Waals surface area (Å²) in [6.45, 7) is 1.24. The summed E-state index contributed by atoms with van der Waals surface area (Å²) in [5, 5.41) is 9.70. The van der Waals surface area contributed by atoms with E-state index in [-0.39, 0.29) is 31.3 Å². The summed E-state index contributed by atoms with van der Waals surface area (Å²) in [4.78, 5) is 29.0. The Hall–Kier alpha value is -2.29. The number of aliphatic hydroxyl groups excluding tert-OH is 1. The molecule has 0 spiro atoms. The number of rotatable bonds is 2. The first-order valence-electron chi connectivity index (χ1n) is 10.5. The number of carbonyl (C=O) groups is 2. The Balaban J connectivity index is 1.45. The number of nitrogens with zero attached hydrogens (tertiary/aromatic N) is 3. The summed E-state index contributed by atoms with van der Waals surface area (Å²) in [6, 6.07) is 5.67. The zero-order valence-corrected chi connectivity index (χ0v) is 16.7. The zero-order chi connectivity index (χ0) is 21.5. The molecule has 1 aromatic rings. The summed E-state index contributed by atoms with van der Waals surface area (Å²) in [6.07, 6.45) is -1.42. The van der Waals surface area contributed by atoms with Gasteiger partial charge in [-0.25, -0.2) is 4.79 Å². The maximum absolute atomic E-state index is 13.0. The molecule has 2 heterocycles. The van der Waals surface area contributed by atoms with E-state index in [1.807, 2.05) is 23.1 Å². The molecule has 1 saturated carbocycles. The minimum Gasteiger partial charge on any atom is -0.393 e. The number of hydrogen-bond acceptors (Lipinski definition) is 3. The molecule has 0 atom stereocenters. The van der Waals surface area contributed by atoms with Crippen molar-refractivity contribution in [3.8, 4) is 0 Å². The van der Waals surface area contributed by atoms with Crippen molar-refractivity contribution in [3.05, 3.63) is 29.3 Å². The van der Waals surface area contributed by atoms with Gasteiger partial charge in [0.25, 0.3) is 0 Å². The van der Waals surface area contributed by atoms with Crippen LogP contribution in [0.25, 0.3) is 0 Å². The molecule has 9 heteroatoms. The highest BCUT2D eigenvalue weighted by Crippen LogP contribution is 2.30. The van der Waals surface area contributed by atoms with Crippen molar-refractivity contribution in [1.82, 2.24) is 9.80 Å². The standard InChI is InChI=1S/C21H26F3N3O3/c22-21(23,24)19(29)25-9-7-14-1-2-17(13-15(14)8-10-25)27-12-11-26(20(27)30)16-3-5-18(28)6-4-16/h1-2,13,16,18,28H,3-12H2. The van der Waals surface area contributed by atoms with Crippen LogP contribution in [-0.2, 0) is 17.6 Å². The van der Waals surface area contributed by atoms with Crippen LogP contribution in [0.5, 0.6) is 0 Å². The van der Waals surface area contributed by atoms with Crippen molar-refractivity contribution < 1.29 is 27.9 Å². The lowest BCUT2D eigenvalue weighted by molar-refractivity contribution is -0.185. The lowest BCUT2D eigenvalue weighted by atomic mass is 9.92.